The fourth-order valence-electron chi connectivity index (χ4n) is 3.00. The van der Waals surface area contributed by atoms with Gasteiger partial charge in [0.1, 0.15) is 11.6 Å². The molecule has 1 heterocycles. The summed E-state index contributed by atoms with van der Waals surface area (Å²) in [6.45, 7) is 3.42. The maximum Gasteiger partial charge on any atom is 0.573 e. The minimum Gasteiger partial charge on any atom is -0.406 e. The number of nitrogens with one attached hydrogen (secondary N) is 2. The largest absolute Gasteiger partial charge is 0.573 e. The molecule has 176 valence electrons. The van der Waals surface area contributed by atoms with Gasteiger partial charge in [-0.15, -0.1) is 13.2 Å². The number of aromatic nitrogens is 2. The van der Waals surface area contributed by atoms with Gasteiger partial charge in [-0.1, -0.05) is 29.8 Å². The number of hydrogen-bond acceptors (Lipinski definition) is 6. The number of hydrogen-bond donors (Lipinski definition) is 2. The summed E-state index contributed by atoms with van der Waals surface area (Å²) >= 11 is 6.22. The van der Waals surface area contributed by atoms with Crippen molar-refractivity contribution in [1.29, 1.82) is 0 Å². The number of rotatable bonds is 9. The molecule has 0 aliphatic carbocycles. The zero-order valence-electron chi connectivity index (χ0n) is 18.5. The Morgan fingerprint density at radius 3 is 2.55 bits per heavy atom. The average Bonchev–Trinajstić information content (AvgIpc) is 2.73. The van der Waals surface area contributed by atoms with Gasteiger partial charge in [0, 0.05) is 28.9 Å². The third-order valence-corrected chi connectivity index (χ3v) is 5.01. The van der Waals surface area contributed by atoms with Crippen LogP contribution in [0.4, 0.5) is 30.6 Å². The van der Waals surface area contributed by atoms with E-state index in [0.717, 1.165) is 24.2 Å². The van der Waals surface area contributed by atoms with Gasteiger partial charge in [-0.05, 0) is 63.8 Å². The first kappa shape index (κ1) is 24.6. The molecular formula is C23H25ClF3N5O. The topological polar surface area (TPSA) is 62.3 Å². The second kappa shape index (κ2) is 10.7. The molecule has 3 rings (SSSR count). The Balaban J connectivity index is 1.91. The molecule has 0 saturated carbocycles. The van der Waals surface area contributed by atoms with Gasteiger partial charge in [-0.25, -0.2) is 4.98 Å². The lowest BCUT2D eigenvalue weighted by Gasteiger charge is -2.14. The van der Waals surface area contributed by atoms with Gasteiger partial charge in [-0.3, -0.25) is 0 Å². The van der Waals surface area contributed by atoms with Crippen LogP contribution in [-0.4, -0.2) is 48.4 Å². The van der Waals surface area contributed by atoms with E-state index in [4.69, 9.17) is 11.6 Å². The van der Waals surface area contributed by atoms with Gasteiger partial charge in [0.15, 0.2) is 0 Å². The Kier molecular flexibility index (Phi) is 7.99. The molecule has 0 saturated heterocycles. The average molecular weight is 480 g/mol. The number of nitrogens with zero attached hydrogens (tertiary/aromatic N) is 3. The zero-order valence-corrected chi connectivity index (χ0v) is 19.3. The second-order valence-electron chi connectivity index (χ2n) is 7.71. The van der Waals surface area contributed by atoms with Crippen LogP contribution >= 0.6 is 11.6 Å². The van der Waals surface area contributed by atoms with Crippen LogP contribution in [0.25, 0.3) is 11.3 Å². The Morgan fingerprint density at radius 2 is 1.85 bits per heavy atom. The number of ether oxygens (including phenoxy) is 1. The van der Waals surface area contributed by atoms with Crippen molar-refractivity contribution < 1.29 is 17.9 Å². The highest BCUT2D eigenvalue weighted by molar-refractivity contribution is 6.31. The van der Waals surface area contributed by atoms with E-state index in [0.29, 0.717) is 34.6 Å². The molecule has 33 heavy (non-hydrogen) atoms. The molecule has 1 aromatic heterocycles. The van der Waals surface area contributed by atoms with Gasteiger partial charge in [0.05, 0.1) is 5.69 Å². The SMILES string of the molecule is Cc1ccc(Nc2cc(-c3cccc(OC(F)(F)F)c3)nc(NCCCN(C)C)n2)cc1Cl. The third kappa shape index (κ3) is 7.80. The molecule has 2 N–H and O–H groups in total. The lowest BCUT2D eigenvalue weighted by atomic mass is 10.1. The molecule has 2 aromatic carbocycles. The van der Waals surface area contributed by atoms with Crippen LogP contribution in [0.1, 0.15) is 12.0 Å². The smallest absolute Gasteiger partial charge is 0.406 e. The first-order valence-electron chi connectivity index (χ1n) is 10.3. The van der Waals surface area contributed by atoms with Crippen molar-refractivity contribution in [2.45, 2.75) is 19.7 Å². The van der Waals surface area contributed by atoms with Crippen LogP contribution in [0.5, 0.6) is 5.75 Å². The van der Waals surface area contributed by atoms with E-state index in [1.54, 1.807) is 18.2 Å². The van der Waals surface area contributed by atoms with Crippen LogP contribution in [0, 0.1) is 6.92 Å². The lowest BCUT2D eigenvalue weighted by Crippen LogP contribution is -2.17. The predicted molar refractivity (Wildman–Crippen MR) is 125 cm³/mol. The third-order valence-electron chi connectivity index (χ3n) is 4.60. The predicted octanol–water partition coefficient (Wildman–Crippen LogP) is 6.11. The fraction of sp³-hybridized carbons (Fsp3) is 0.304. The van der Waals surface area contributed by atoms with Gasteiger partial charge in [0.25, 0.3) is 0 Å². The standard InChI is InChI=1S/C23H25ClF3N5O/c1-15-8-9-17(13-19(15)24)29-21-14-20(30-22(31-21)28-10-5-11-32(2)3)16-6-4-7-18(12-16)33-23(25,26)27/h4,6-9,12-14H,5,10-11H2,1-3H3,(H2,28,29,30,31). The Hall–Kier alpha value is -3.04. The second-order valence-corrected chi connectivity index (χ2v) is 8.12. The summed E-state index contributed by atoms with van der Waals surface area (Å²) in [5.74, 6) is 0.505. The van der Waals surface area contributed by atoms with Crippen molar-refractivity contribution in [3.05, 3.63) is 59.1 Å². The van der Waals surface area contributed by atoms with Gasteiger partial charge in [0.2, 0.25) is 5.95 Å². The number of benzene rings is 2. The number of halogens is 4. The number of anilines is 3. The summed E-state index contributed by atoms with van der Waals surface area (Å²) in [6, 6.07) is 12.9. The summed E-state index contributed by atoms with van der Waals surface area (Å²) in [6.07, 6.45) is -3.91. The molecule has 0 amide bonds. The molecule has 0 spiro atoms. The molecular weight excluding hydrogens is 455 g/mol. The molecule has 0 aliphatic heterocycles. The minimum absolute atomic E-state index is 0.320. The molecule has 0 bridgehead atoms. The van der Waals surface area contributed by atoms with Crippen LogP contribution in [0.15, 0.2) is 48.5 Å². The zero-order chi connectivity index (χ0) is 24.0. The number of alkyl halides is 3. The van der Waals surface area contributed by atoms with Crippen molar-refractivity contribution in [3.63, 3.8) is 0 Å². The summed E-state index contributed by atoms with van der Waals surface area (Å²) in [4.78, 5) is 11.1. The lowest BCUT2D eigenvalue weighted by molar-refractivity contribution is -0.274. The highest BCUT2D eigenvalue weighted by Gasteiger charge is 2.31. The first-order valence-corrected chi connectivity index (χ1v) is 10.6. The molecule has 0 unspecified atom stereocenters. The maximum atomic E-state index is 12.7. The minimum atomic E-state index is -4.78. The van der Waals surface area contributed by atoms with E-state index < -0.39 is 6.36 Å². The summed E-state index contributed by atoms with van der Waals surface area (Å²) in [5.41, 5.74) is 2.56. The summed E-state index contributed by atoms with van der Waals surface area (Å²) in [5, 5.41) is 6.98. The van der Waals surface area contributed by atoms with Gasteiger partial charge >= 0.3 is 6.36 Å². The quantitative estimate of drug-likeness (QED) is 0.361. The van der Waals surface area contributed by atoms with Gasteiger partial charge < -0.3 is 20.3 Å². The van der Waals surface area contributed by atoms with Crippen LogP contribution < -0.4 is 15.4 Å². The highest BCUT2D eigenvalue weighted by Crippen LogP contribution is 2.30. The maximum absolute atomic E-state index is 12.7. The van der Waals surface area contributed by atoms with Crippen molar-refractivity contribution in [3.8, 4) is 17.0 Å². The Labute approximate surface area is 195 Å². The highest BCUT2D eigenvalue weighted by atomic mass is 35.5. The molecule has 0 fully saturated rings. The van der Waals surface area contributed by atoms with Crippen molar-refractivity contribution in [1.82, 2.24) is 14.9 Å². The van der Waals surface area contributed by atoms with Crippen molar-refractivity contribution in [2.24, 2.45) is 0 Å². The monoisotopic (exact) mass is 479 g/mol. The molecule has 0 radical (unpaired) electrons. The van der Waals surface area contributed by atoms with Crippen LogP contribution in [0.2, 0.25) is 5.02 Å². The molecule has 10 heteroatoms. The summed E-state index contributed by atoms with van der Waals surface area (Å²) in [7, 11) is 3.98. The van der Waals surface area contributed by atoms with Crippen LogP contribution in [0.3, 0.4) is 0 Å². The molecule has 6 nitrogen and oxygen atoms in total. The van der Waals surface area contributed by atoms with E-state index >= 15 is 0 Å². The molecule has 0 aliphatic rings. The molecule has 0 atom stereocenters. The normalized spacial score (nSPS) is 11.5. The van der Waals surface area contributed by atoms with Crippen molar-refractivity contribution >= 4 is 29.1 Å². The first-order chi connectivity index (χ1) is 15.6. The summed E-state index contributed by atoms with van der Waals surface area (Å²) < 4.78 is 42.0. The van der Waals surface area contributed by atoms with E-state index in [2.05, 4.69) is 30.2 Å². The number of aryl methyl sites for hydroxylation is 1. The van der Waals surface area contributed by atoms with E-state index in [1.165, 1.54) is 18.2 Å². The Morgan fingerprint density at radius 1 is 1.06 bits per heavy atom. The van der Waals surface area contributed by atoms with E-state index in [1.807, 2.05) is 33.2 Å². The molecule has 3 aromatic rings. The van der Waals surface area contributed by atoms with E-state index in [9.17, 15) is 13.2 Å². The van der Waals surface area contributed by atoms with Crippen LogP contribution in [-0.2, 0) is 0 Å². The van der Waals surface area contributed by atoms with Gasteiger partial charge in [-0.2, -0.15) is 4.98 Å². The fourth-order valence-corrected chi connectivity index (χ4v) is 3.19. The van der Waals surface area contributed by atoms with Crippen molar-refractivity contribution in [2.75, 3.05) is 37.8 Å². The van der Waals surface area contributed by atoms with E-state index in [-0.39, 0.29) is 5.75 Å². The Bertz CT molecular complexity index is 1090.